The normalized spacial score (nSPS) is 25.8. The molecule has 1 saturated heterocycles. The summed E-state index contributed by atoms with van der Waals surface area (Å²) in [6.07, 6.45) is -3.57. The topological polar surface area (TPSA) is 27.7 Å². The maximum absolute atomic E-state index is 12.8. The summed E-state index contributed by atoms with van der Waals surface area (Å²) < 4.78 is 42.8. The maximum Gasteiger partial charge on any atom is 0.463 e. The molecular formula is C14H27BF2O3. The molecule has 1 aliphatic heterocycles. The molecule has 3 atom stereocenters. The molecule has 1 fully saturated rings. The largest absolute Gasteiger partial charge is 0.463 e. The van der Waals surface area contributed by atoms with Gasteiger partial charge in [-0.2, -0.15) is 0 Å². The fourth-order valence-electron chi connectivity index (χ4n) is 2.06. The summed E-state index contributed by atoms with van der Waals surface area (Å²) in [6.45, 7) is 13.3. The molecule has 20 heavy (non-hydrogen) atoms. The van der Waals surface area contributed by atoms with E-state index >= 15 is 0 Å². The molecule has 1 aliphatic rings. The van der Waals surface area contributed by atoms with Crippen LogP contribution in [0.25, 0.3) is 0 Å². The van der Waals surface area contributed by atoms with Crippen LogP contribution in [0.5, 0.6) is 0 Å². The summed E-state index contributed by atoms with van der Waals surface area (Å²) in [4.78, 5) is 0. The Balaban J connectivity index is 2.65. The van der Waals surface area contributed by atoms with Gasteiger partial charge < -0.3 is 14.0 Å². The molecule has 3 nitrogen and oxygen atoms in total. The van der Waals surface area contributed by atoms with Gasteiger partial charge in [-0.1, -0.05) is 13.8 Å². The van der Waals surface area contributed by atoms with Crippen LogP contribution in [-0.2, 0) is 14.0 Å². The summed E-state index contributed by atoms with van der Waals surface area (Å²) in [7, 11) is -0.440. The first-order valence-corrected chi connectivity index (χ1v) is 7.31. The maximum atomic E-state index is 12.8. The zero-order chi connectivity index (χ0) is 15.7. The van der Waals surface area contributed by atoms with Crippen LogP contribution in [0.15, 0.2) is 0 Å². The molecule has 0 spiro atoms. The highest BCUT2D eigenvalue weighted by Gasteiger charge is 2.53. The minimum Gasteiger partial charge on any atom is -0.403 e. The van der Waals surface area contributed by atoms with E-state index in [-0.39, 0.29) is 18.3 Å². The minimum absolute atomic E-state index is 0.121. The molecule has 0 bridgehead atoms. The zero-order valence-corrected chi connectivity index (χ0v) is 13.6. The molecule has 0 aromatic heterocycles. The van der Waals surface area contributed by atoms with Crippen LogP contribution in [0.1, 0.15) is 54.9 Å². The molecule has 1 rings (SSSR count). The first-order valence-electron chi connectivity index (χ1n) is 7.31. The van der Waals surface area contributed by atoms with Crippen LogP contribution >= 0.6 is 0 Å². The van der Waals surface area contributed by atoms with Gasteiger partial charge in [0.15, 0.2) is 0 Å². The predicted octanol–water partition coefficient (Wildman–Crippen LogP) is 3.92. The minimum atomic E-state index is -2.46. The van der Waals surface area contributed by atoms with E-state index in [0.717, 1.165) is 0 Å². The van der Waals surface area contributed by atoms with Gasteiger partial charge in [-0.3, -0.25) is 0 Å². The van der Waals surface area contributed by atoms with Crippen molar-refractivity contribution in [3.63, 3.8) is 0 Å². The number of alkyl halides is 2. The highest BCUT2D eigenvalue weighted by Crippen LogP contribution is 2.41. The molecule has 6 heteroatoms. The second-order valence-electron chi connectivity index (χ2n) is 6.61. The van der Waals surface area contributed by atoms with Crippen LogP contribution < -0.4 is 0 Å². The van der Waals surface area contributed by atoms with Crippen molar-refractivity contribution in [3.8, 4) is 0 Å². The van der Waals surface area contributed by atoms with E-state index in [0.29, 0.717) is 0 Å². The molecule has 0 aromatic carbocycles. The van der Waals surface area contributed by atoms with Gasteiger partial charge in [0.05, 0.1) is 17.3 Å². The van der Waals surface area contributed by atoms with E-state index in [1.165, 1.54) is 0 Å². The molecule has 0 aromatic rings. The van der Waals surface area contributed by atoms with E-state index in [9.17, 15) is 8.78 Å². The van der Waals surface area contributed by atoms with Gasteiger partial charge in [-0.15, -0.1) is 0 Å². The first-order chi connectivity index (χ1) is 9.01. The number of hydrogen-bond acceptors (Lipinski definition) is 3. The average molecular weight is 292 g/mol. The Morgan fingerprint density at radius 1 is 1.05 bits per heavy atom. The SMILES string of the molecule is CCC(OC(C)[C@H](C)B1OC(C)(C)C(C)(C)O1)C(F)F. The van der Waals surface area contributed by atoms with Gasteiger partial charge in [0.1, 0.15) is 6.10 Å². The van der Waals surface area contributed by atoms with Crippen molar-refractivity contribution < 1.29 is 22.8 Å². The van der Waals surface area contributed by atoms with E-state index in [4.69, 9.17) is 14.0 Å². The third kappa shape index (κ3) is 3.71. The fraction of sp³-hybridized carbons (Fsp3) is 1.00. The Kier molecular flexibility index (Phi) is 5.61. The standard InChI is InChI=1S/C14H27BF2O3/c1-8-11(12(16)17)18-10(3)9(2)15-19-13(4,5)14(6,7)20-15/h9-12H,8H2,1-7H3/t9-,10?,11?/m0/s1. The van der Waals surface area contributed by atoms with Crippen LogP contribution in [-0.4, -0.2) is 37.0 Å². The molecule has 0 N–H and O–H groups in total. The van der Waals surface area contributed by atoms with Crippen molar-refractivity contribution in [1.82, 2.24) is 0 Å². The molecular weight excluding hydrogens is 265 g/mol. The lowest BCUT2D eigenvalue weighted by molar-refractivity contribution is -0.0897. The van der Waals surface area contributed by atoms with Crippen molar-refractivity contribution >= 4 is 7.12 Å². The summed E-state index contributed by atoms with van der Waals surface area (Å²) in [5.74, 6) is -0.121. The first kappa shape index (κ1) is 17.9. The van der Waals surface area contributed by atoms with Crippen molar-refractivity contribution in [2.75, 3.05) is 0 Å². The summed E-state index contributed by atoms with van der Waals surface area (Å²) in [5, 5.41) is 0. The zero-order valence-electron chi connectivity index (χ0n) is 13.6. The number of halogens is 2. The second kappa shape index (κ2) is 6.28. The van der Waals surface area contributed by atoms with E-state index in [2.05, 4.69) is 0 Å². The highest BCUT2D eigenvalue weighted by atomic mass is 19.3. The van der Waals surface area contributed by atoms with Gasteiger partial charge in [0.2, 0.25) is 0 Å². The lowest BCUT2D eigenvalue weighted by Crippen LogP contribution is -2.41. The molecule has 0 saturated carbocycles. The Hall–Kier alpha value is -0.195. The van der Waals surface area contributed by atoms with Gasteiger partial charge >= 0.3 is 7.12 Å². The van der Waals surface area contributed by atoms with Crippen molar-refractivity contribution in [2.24, 2.45) is 0 Å². The number of rotatable bonds is 6. The molecule has 0 amide bonds. The van der Waals surface area contributed by atoms with Crippen LogP contribution in [0.4, 0.5) is 8.78 Å². The van der Waals surface area contributed by atoms with E-state index in [1.807, 2.05) is 34.6 Å². The van der Waals surface area contributed by atoms with Gasteiger partial charge in [0.25, 0.3) is 6.43 Å². The average Bonchev–Trinajstić information content (AvgIpc) is 2.53. The van der Waals surface area contributed by atoms with Gasteiger partial charge in [-0.25, -0.2) is 8.78 Å². The smallest absolute Gasteiger partial charge is 0.403 e. The predicted molar refractivity (Wildman–Crippen MR) is 76.1 cm³/mol. The van der Waals surface area contributed by atoms with Crippen LogP contribution in [0.3, 0.4) is 0 Å². The van der Waals surface area contributed by atoms with E-state index < -0.39 is 30.8 Å². The molecule has 2 unspecified atom stereocenters. The Labute approximate surface area is 121 Å². The van der Waals surface area contributed by atoms with Crippen LogP contribution in [0, 0.1) is 0 Å². The third-order valence-electron chi connectivity index (χ3n) is 4.51. The number of hydrogen-bond donors (Lipinski definition) is 0. The van der Waals surface area contributed by atoms with Crippen molar-refractivity contribution in [3.05, 3.63) is 0 Å². The van der Waals surface area contributed by atoms with Crippen LogP contribution in [0.2, 0.25) is 5.82 Å². The van der Waals surface area contributed by atoms with Crippen molar-refractivity contribution in [1.29, 1.82) is 0 Å². The molecule has 1 heterocycles. The van der Waals surface area contributed by atoms with Crippen molar-refractivity contribution in [2.45, 2.75) is 90.5 Å². The molecule has 0 radical (unpaired) electrons. The number of ether oxygens (including phenoxy) is 1. The van der Waals surface area contributed by atoms with E-state index in [1.54, 1.807) is 13.8 Å². The van der Waals surface area contributed by atoms with Gasteiger partial charge in [-0.05, 0) is 41.0 Å². The quantitative estimate of drug-likeness (QED) is 0.694. The monoisotopic (exact) mass is 292 g/mol. The van der Waals surface area contributed by atoms with Gasteiger partial charge in [0, 0.05) is 5.82 Å². The highest BCUT2D eigenvalue weighted by molar-refractivity contribution is 6.47. The lowest BCUT2D eigenvalue weighted by Gasteiger charge is -2.32. The fourth-order valence-corrected chi connectivity index (χ4v) is 2.06. The Morgan fingerprint density at radius 2 is 1.50 bits per heavy atom. The lowest BCUT2D eigenvalue weighted by atomic mass is 9.70. The Bertz CT molecular complexity index is 308. The summed E-state index contributed by atoms with van der Waals surface area (Å²) >= 11 is 0. The molecule has 118 valence electrons. The second-order valence-corrected chi connectivity index (χ2v) is 6.61. The molecule has 0 aliphatic carbocycles. The summed E-state index contributed by atoms with van der Waals surface area (Å²) in [5.41, 5.74) is -0.836. The summed E-state index contributed by atoms with van der Waals surface area (Å²) in [6, 6.07) is 0. The Morgan fingerprint density at radius 3 is 1.85 bits per heavy atom. The third-order valence-corrected chi connectivity index (χ3v) is 4.51.